The zero-order valence-corrected chi connectivity index (χ0v) is 28.7. The number of Topliss-reactive ketones (excluding diaryl/α,β-unsaturated/α-hetero) is 1. The minimum atomic E-state index is -2.04. The van der Waals surface area contributed by atoms with Crippen LogP contribution in [0, 0.1) is 30.6 Å². The van der Waals surface area contributed by atoms with Gasteiger partial charge < -0.3 is 50.2 Å². The Morgan fingerprint density at radius 2 is 1.57 bits per heavy atom. The number of hydrogen-bond donors (Lipinski definition) is 7. The van der Waals surface area contributed by atoms with Crippen LogP contribution in [0.4, 0.5) is 5.69 Å². The lowest BCUT2D eigenvalue weighted by Crippen LogP contribution is -2.46. The van der Waals surface area contributed by atoms with Crippen LogP contribution < -0.4 is 10.1 Å². The lowest BCUT2D eigenvalue weighted by atomic mass is 9.78. The van der Waals surface area contributed by atoms with Crippen LogP contribution in [0.5, 0.6) is 23.0 Å². The van der Waals surface area contributed by atoms with Gasteiger partial charge in [-0.3, -0.25) is 14.4 Å². The smallest absolute Gasteiger partial charge is 0.312 e. The number of rotatable bonds is 1. The minimum absolute atomic E-state index is 0.0491. The number of aliphatic hydroxyl groups is 3. The Morgan fingerprint density at radius 1 is 0.918 bits per heavy atom. The fraction of sp³-hybridized carbons (Fsp3) is 0.472. The van der Waals surface area contributed by atoms with E-state index in [1.165, 1.54) is 39.8 Å². The van der Waals surface area contributed by atoms with E-state index in [1.54, 1.807) is 39.8 Å². The molecule has 266 valence electrons. The molecule has 0 aliphatic carbocycles. The number of ether oxygens (including phenoxy) is 3. The van der Waals surface area contributed by atoms with Crippen LogP contribution >= 0.6 is 0 Å². The van der Waals surface area contributed by atoms with Crippen LogP contribution in [0.1, 0.15) is 64.4 Å². The Hall–Kier alpha value is -4.59. The molecule has 13 heteroatoms. The zero-order chi connectivity index (χ0) is 36.7. The maximum absolute atomic E-state index is 13.8. The van der Waals surface area contributed by atoms with Crippen molar-refractivity contribution in [2.75, 3.05) is 5.32 Å². The summed E-state index contributed by atoms with van der Waals surface area (Å²) < 4.78 is 17.1. The maximum atomic E-state index is 13.8. The van der Waals surface area contributed by atoms with Crippen LogP contribution in [0.3, 0.4) is 0 Å². The second kappa shape index (κ2) is 14.1. The SMILES string of the molecule is CC(=O)O[C@@H]1[C@@H](C)[C@@H](O)/C=C/OC2(C)Oc3c(C)c(O)c4c(O)c(cc(O)c4c3C2=O)NC(=O)/C(C)=C\C=C\[C@@H](C)[C@H](O)[C@@H](C)[C@@H](O)[C@@H]1C. The molecule has 49 heavy (non-hydrogen) atoms. The number of amides is 1. The van der Waals surface area contributed by atoms with Crippen molar-refractivity contribution in [1.82, 2.24) is 0 Å². The molecule has 1 unspecified atom stereocenters. The van der Waals surface area contributed by atoms with Gasteiger partial charge in [0, 0.05) is 60.1 Å². The van der Waals surface area contributed by atoms with Gasteiger partial charge in [0.05, 0.1) is 41.2 Å². The zero-order valence-electron chi connectivity index (χ0n) is 28.7. The second-order valence-electron chi connectivity index (χ2n) is 13.2. The summed E-state index contributed by atoms with van der Waals surface area (Å²) in [4.78, 5) is 39.0. The number of esters is 1. The highest BCUT2D eigenvalue weighted by Crippen LogP contribution is 2.53. The summed E-state index contributed by atoms with van der Waals surface area (Å²) in [6.45, 7) is 12.0. The van der Waals surface area contributed by atoms with E-state index in [9.17, 15) is 45.0 Å². The highest BCUT2D eigenvalue weighted by molar-refractivity contribution is 6.21. The fourth-order valence-corrected chi connectivity index (χ4v) is 6.37. The van der Waals surface area contributed by atoms with E-state index in [2.05, 4.69) is 5.32 Å². The molecule has 2 aromatic rings. The van der Waals surface area contributed by atoms with Crippen LogP contribution in [-0.4, -0.2) is 78.5 Å². The molecule has 9 atom stereocenters. The Bertz CT molecular complexity index is 1750. The molecule has 0 fully saturated rings. The van der Waals surface area contributed by atoms with E-state index in [0.717, 1.165) is 12.3 Å². The van der Waals surface area contributed by atoms with E-state index in [0.29, 0.717) is 0 Å². The van der Waals surface area contributed by atoms with E-state index in [1.807, 2.05) is 0 Å². The van der Waals surface area contributed by atoms with Crippen molar-refractivity contribution in [2.24, 2.45) is 23.7 Å². The van der Waals surface area contributed by atoms with Gasteiger partial charge in [-0.1, -0.05) is 45.9 Å². The molecular weight excluding hydrogens is 638 g/mol. The average molecular weight is 684 g/mol. The number of aromatic hydroxyl groups is 3. The summed E-state index contributed by atoms with van der Waals surface area (Å²) in [5, 5.41) is 68.9. The molecule has 3 aliphatic heterocycles. The van der Waals surface area contributed by atoms with Gasteiger partial charge in [-0.15, -0.1) is 0 Å². The monoisotopic (exact) mass is 683 g/mol. The number of hydrogen-bond acceptors (Lipinski definition) is 12. The molecular formula is C36H45NO12. The van der Waals surface area contributed by atoms with Crippen molar-refractivity contribution in [2.45, 2.75) is 85.6 Å². The van der Waals surface area contributed by atoms with Crippen LogP contribution in [-0.2, 0) is 19.1 Å². The molecule has 7 N–H and O–H groups in total. The molecule has 3 aliphatic rings. The molecule has 0 aromatic heterocycles. The first-order chi connectivity index (χ1) is 22.8. The number of carbonyl (C=O) groups is 3. The first-order valence-corrected chi connectivity index (χ1v) is 16.0. The van der Waals surface area contributed by atoms with Crippen LogP contribution in [0.15, 0.2) is 42.2 Å². The van der Waals surface area contributed by atoms with Gasteiger partial charge in [-0.05, 0) is 19.9 Å². The number of aliphatic hydroxyl groups excluding tert-OH is 3. The number of nitrogens with one attached hydrogen (secondary N) is 1. The molecule has 3 heterocycles. The lowest BCUT2D eigenvalue weighted by molar-refractivity contribution is -0.159. The number of phenols is 3. The van der Waals surface area contributed by atoms with Crippen molar-refractivity contribution in [3.05, 3.63) is 53.3 Å². The molecule has 0 saturated carbocycles. The highest BCUT2D eigenvalue weighted by atomic mass is 16.7. The third-order valence-electron chi connectivity index (χ3n) is 9.59. The van der Waals surface area contributed by atoms with Crippen molar-refractivity contribution in [1.29, 1.82) is 0 Å². The van der Waals surface area contributed by atoms with Crippen molar-refractivity contribution >= 4 is 34.1 Å². The Morgan fingerprint density at radius 3 is 2.20 bits per heavy atom. The highest BCUT2D eigenvalue weighted by Gasteiger charge is 2.49. The Kier molecular flexibility index (Phi) is 10.7. The molecule has 0 radical (unpaired) electrons. The number of carbonyl (C=O) groups excluding carboxylic acids is 3. The first kappa shape index (κ1) is 37.2. The van der Waals surface area contributed by atoms with Crippen molar-refractivity contribution in [3.63, 3.8) is 0 Å². The van der Waals surface area contributed by atoms with Crippen LogP contribution in [0.25, 0.3) is 10.8 Å². The molecule has 0 saturated heterocycles. The second-order valence-corrected chi connectivity index (χ2v) is 13.2. The van der Waals surface area contributed by atoms with E-state index < -0.39 is 88.8 Å². The fourth-order valence-electron chi connectivity index (χ4n) is 6.37. The topological polar surface area (TPSA) is 212 Å². The van der Waals surface area contributed by atoms with Gasteiger partial charge in [0.1, 0.15) is 23.4 Å². The summed E-state index contributed by atoms with van der Waals surface area (Å²) in [5.74, 6) is -8.64. The van der Waals surface area contributed by atoms with Crippen LogP contribution in [0.2, 0.25) is 0 Å². The number of ketones is 1. The molecule has 2 aromatic carbocycles. The lowest BCUT2D eigenvalue weighted by Gasteiger charge is -2.37. The van der Waals surface area contributed by atoms with Gasteiger partial charge in [0.15, 0.2) is 5.75 Å². The summed E-state index contributed by atoms with van der Waals surface area (Å²) in [7, 11) is 0. The quantitative estimate of drug-likeness (QED) is 0.129. The predicted octanol–water partition coefficient (Wildman–Crippen LogP) is 4.10. The van der Waals surface area contributed by atoms with Gasteiger partial charge in [-0.25, -0.2) is 0 Å². The van der Waals surface area contributed by atoms with Gasteiger partial charge >= 0.3 is 11.8 Å². The normalized spacial score (nSPS) is 33.7. The number of anilines is 1. The van der Waals surface area contributed by atoms with Gasteiger partial charge in [0.25, 0.3) is 11.7 Å². The largest absolute Gasteiger partial charge is 0.507 e. The molecule has 5 bridgehead atoms. The Balaban J connectivity index is 1.85. The summed E-state index contributed by atoms with van der Waals surface area (Å²) >= 11 is 0. The first-order valence-electron chi connectivity index (χ1n) is 16.0. The minimum Gasteiger partial charge on any atom is -0.507 e. The van der Waals surface area contributed by atoms with Crippen molar-refractivity contribution in [3.8, 4) is 23.0 Å². The number of phenolic OH excluding ortho intramolecular Hbond substituents is 3. The summed E-state index contributed by atoms with van der Waals surface area (Å²) in [5.41, 5.74) is -0.184. The van der Waals surface area contributed by atoms with Gasteiger partial charge in [0.2, 0.25) is 0 Å². The molecule has 1 amide bonds. The molecule has 13 nitrogen and oxygen atoms in total. The van der Waals surface area contributed by atoms with E-state index >= 15 is 0 Å². The van der Waals surface area contributed by atoms with E-state index in [-0.39, 0.29) is 38.9 Å². The third-order valence-corrected chi connectivity index (χ3v) is 9.59. The Labute approximate surface area is 284 Å². The summed E-state index contributed by atoms with van der Waals surface area (Å²) in [6.07, 6.45) is 2.36. The maximum Gasteiger partial charge on any atom is 0.312 e. The standard InChI is InChI=1S/C36H45NO12/c1-15-10-9-11-16(2)35(46)37-22-14-24(40)25-26(31(22)44)30(43)20(6)33-27(25)34(45)36(8,49-33)47-13-12-23(39)17(3)32(48-21(7)38)19(5)29(42)18(4)28(15)41/h9-15,17-19,23,28-29,32,39-44H,1-8H3,(H,37,46)/b10-9+,13-12+,16-11-/t15-,17+,18-,19+,23+,28+,29-,32-,36?/m1/s1. The third kappa shape index (κ3) is 6.96. The number of fused-ring (bicyclic) bond motifs is 14. The molecule has 0 spiro atoms. The van der Waals surface area contributed by atoms with E-state index in [4.69, 9.17) is 14.2 Å². The van der Waals surface area contributed by atoms with Gasteiger partial charge in [-0.2, -0.15) is 0 Å². The average Bonchev–Trinajstić information content (AvgIpc) is 3.31. The number of allylic oxidation sites excluding steroid dienone is 2. The molecule has 5 rings (SSSR count). The van der Waals surface area contributed by atoms with Crippen molar-refractivity contribution < 1.29 is 59.2 Å². The summed E-state index contributed by atoms with van der Waals surface area (Å²) in [6, 6.07) is 1.04. The predicted molar refractivity (Wildman–Crippen MR) is 179 cm³/mol. The number of benzene rings is 2.